The van der Waals surface area contributed by atoms with E-state index in [9.17, 15) is 35.4 Å². The summed E-state index contributed by atoms with van der Waals surface area (Å²) >= 11 is 0. The molecule has 0 saturated carbocycles. The molecule has 4 rings (SSSR count). The minimum atomic E-state index is -2.03. The minimum Gasteiger partial charge on any atom is -0.504 e. The number of esters is 1. The molecule has 0 amide bonds. The summed E-state index contributed by atoms with van der Waals surface area (Å²) < 4.78 is 32.2. The molecule has 2 heterocycles. The van der Waals surface area contributed by atoms with Crippen LogP contribution in [-0.2, 0) is 28.5 Å². The van der Waals surface area contributed by atoms with Gasteiger partial charge in [-0.05, 0) is 29.3 Å². The Labute approximate surface area is 247 Å². The highest BCUT2D eigenvalue weighted by molar-refractivity contribution is 5.87. The SMILES string of the molecule is COc1ccc(C=CCO[C@@H]2O[C@H](CO)[C@@H](O)[C@H](O[C@@H]3OC[C@](O)(COC(=O)C=Cc4ccccc4)[C@H]3O)[C@H]2O)cc1O. The summed E-state index contributed by atoms with van der Waals surface area (Å²) in [6.45, 7) is -1.80. The molecule has 0 aliphatic carbocycles. The Morgan fingerprint density at radius 1 is 1.05 bits per heavy atom. The van der Waals surface area contributed by atoms with Gasteiger partial charge in [-0.1, -0.05) is 48.6 Å². The van der Waals surface area contributed by atoms with Crippen molar-refractivity contribution >= 4 is 18.1 Å². The number of carbonyl (C=O) groups is 1. The predicted octanol–water partition coefficient (Wildman–Crippen LogP) is -0.0403. The number of hydrogen-bond acceptors (Lipinski definition) is 13. The first kappa shape index (κ1) is 32.5. The van der Waals surface area contributed by atoms with Gasteiger partial charge >= 0.3 is 5.97 Å². The van der Waals surface area contributed by atoms with E-state index in [0.717, 1.165) is 5.56 Å². The van der Waals surface area contributed by atoms with Gasteiger partial charge in [0.05, 0.1) is 26.9 Å². The van der Waals surface area contributed by atoms with Crippen LogP contribution >= 0.6 is 0 Å². The van der Waals surface area contributed by atoms with Crippen molar-refractivity contribution in [3.8, 4) is 11.5 Å². The average Bonchev–Trinajstić information content (AvgIpc) is 3.29. The van der Waals surface area contributed by atoms with Crippen LogP contribution in [-0.4, -0.2) is 119 Å². The quantitative estimate of drug-likeness (QED) is 0.140. The van der Waals surface area contributed by atoms with Gasteiger partial charge in [-0.15, -0.1) is 0 Å². The van der Waals surface area contributed by atoms with Gasteiger partial charge in [-0.3, -0.25) is 0 Å². The average molecular weight is 605 g/mol. The monoisotopic (exact) mass is 604 g/mol. The van der Waals surface area contributed by atoms with Crippen molar-refractivity contribution in [1.82, 2.24) is 0 Å². The molecular formula is C30H36O13. The van der Waals surface area contributed by atoms with Gasteiger partial charge in [-0.25, -0.2) is 4.79 Å². The summed E-state index contributed by atoms with van der Waals surface area (Å²) in [4.78, 5) is 12.1. The fourth-order valence-corrected chi connectivity index (χ4v) is 4.52. The summed E-state index contributed by atoms with van der Waals surface area (Å²) in [6, 6.07) is 13.8. The zero-order valence-corrected chi connectivity index (χ0v) is 23.3. The van der Waals surface area contributed by atoms with E-state index in [4.69, 9.17) is 28.4 Å². The number of aliphatic hydroxyl groups is 5. The van der Waals surface area contributed by atoms with Crippen molar-refractivity contribution in [2.24, 2.45) is 0 Å². The number of benzene rings is 2. The number of ether oxygens (including phenoxy) is 6. The van der Waals surface area contributed by atoms with Crippen LogP contribution in [0.1, 0.15) is 11.1 Å². The van der Waals surface area contributed by atoms with E-state index in [2.05, 4.69) is 0 Å². The third-order valence-corrected chi connectivity index (χ3v) is 6.96. The highest BCUT2D eigenvalue weighted by Gasteiger charge is 2.53. The standard InChI is InChI=1S/C30H36O13/c1-38-21-11-9-19(14-20(21)32)8-5-13-39-28-25(35)26(24(34)22(15-31)42-28)43-29-27(36)30(37,17-41-29)16-40-23(33)12-10-18-6-3-2-4-7-18/h2-12,14,22,24-29,31-32,34-37H,13,15-17H2,1H3/t22-,24-,25-,26+,27+,28-,29+,30-/m1/s1. The van der Waals surface area contributed by atoms with E-state index in [1.807, 2.05) is 6.07 Å². The molecule has 0 spiro atoms. The number of rotatable bonds is 12. The number of phenolic OH excluding ortho intramolecular Hbond substituents is 1. The number of carbonyl (C=O) groups excluding carboxylic acids is 1. The maximum atomic E-state index is 12.1. The second-order valence-electron chi connectivity index (χ2n) is 10.1. The molecule has 0 bridgehead atoms. The molecular weight excluding hydrogens is 568 g/mol. The van der Waals surface area contributed by atoms with E-state index in [1.165, 1.54) is 25.3 Å². The van der Waals surface area contributed by atoms with Crippen molar-refractivity contribution in [3.05, 3.63) is 71.8 Å². The Bertz CT molecular complexity index is 1250. The molecule has 0 radical (unpaired) electrons. The van der Waals surface area contributed by atoms with Gasteiger partial charge in [0, 0.05) is 6.08 Å². The topological polar surface area (TPSA) is 194 Å². The van der Waals surface area contributed by atoms with Crippen LogP contribution in [0.2, 0.25) is 0 Å². The number of aliphatic hydroxyl groups excluding tert-OH is 4. The van der Waals surface area contributed by atoms with Crippen molar-refractivity contribution in [1.29, 1.82) is 0 Å². The molecule has 234 valence electrons. The van der Waals surface area contributed by atoms with Crippen molar-refractivity contribution in [3.63, 3.8) is 0 Å². The first-order valence-electron chi connectivity index (χ1n) is 13.5. The molecule has 0 unspecified atom stereocenters. The van der Waals surface area contributed by atoms with Crippen molar-refractivity contribution in [2.45, 2.75) is 48.7 Å². The lowest BCUT2D eigenvalue weighted by atomic mass is 9.98. The van der Waals surface area contributed by atoms with Crippen LogP contribution in [0.4, 0.5) is 0 Å². The first-order chi connectivity index (χ1) is 20.6. The third-order valence-electron chi connectivity index (χ3n) is 6.96. The van der Waals surface area contributed by atoms with Crippen LogP contribution in [0, 0.1) is 0 Å². The summed E-state index contributed by atoms with van der Waals surface area (Å²) in [5.74, 6) is -0.482. The fourth-order valence-electron chi connectivity index (χ4n) is 4.52. The molecule has 0 aromatic heterocycles. The zero-order valence-electron chi connectivity index (χ0n) is 23.3. The van der Waals surface area contributed by atoms with E-state index >= 15 is 0 Å². The van der Waals surface area contributed by atoms with Gasteiger partial charge in [-0.2, -0.15) is 0 Å². The van der Waals surface area contributed by atoms with E-state index < -0.39 is 74.5 Å². The van der Waals surface area contributed by atoms with Crippen LogP contribution in [0.3, 0.4) is 0 Å². The Balaban J connectivity index is 1.32. The lowest BCUT2D eigenvalue weighted by Crippen LogP contribution is -2.61. The van der Waals surface area contributed by atoms with Crippen LogP contribution in [0.15, 0.2) is 60.7 Å². The molecule has 2 aliphatic rings. The maximum Gasteiger partial charge on any atom is 0.330 e. The highest BCUT2D eigenvalue weighted by atomic mass is 16.7. The largest absolute Gasteiger partial charge is 0.504 e. The number of hydrogen-bond donors (Lipinski definition) is 6. The zero-order chi connectivity index (χ0) is 31.0. The van der Waals surface area contributed by atoms with E-state index in [0.29, 0.717) is 11.3 Å². The lowest BCUT2D eigenvalue weighted by Gasteiger charge is -2.42. The van der Waals surface area contributed by atoms with E-state index in [1.54, 1.807) is 48.6 Å². The Hall–Kier alpha value is -3.37. The summed E-state index contributed by atoms with van der Waals surface area (Å²) in [6.07, 6.45) is -4.49. The van der Waals surface area contributed by atoms with Gasteiger partial charge in [0.1, 0.15) is 37.1 Å². The Morgan fingerprint density at radius 2 is 1.81 bits per heavy atom. The molecule has 8 atom stereocenters. The number of phenols is 1. The molecule has 6 N–H and O–H groups in total. The number of aromatic hydroxyl groups is 1. The predicted molar refractivity (Wildman–Crippen MR) is 149 cm³/mol. The molecule has 2 aliphatic heterocycles. The van der Waals surface area contributed by atoms with E-state index in [-0.39, 0.29) is 12.4 Å². The lowest BCUT2D eigenvalue weighted by molar-refractivity contribution is -0.327. The molecule has 2 aromatic rings. The maximum absolute atomic E-state index is 12.1. The Kier molecular flexibility index (Phi) is 11.3. The van der Waals surface area contributed by atoms with Crippen LogP contribution < -0.4 is 4.74 Å². The Morgan fingerprint density at radius 3 is 2.51 bits per heavy atom. The molecule has 2 aromatic carbocycles. The van der Waals surface area contributed by atoms with Gasteiger partial charge in [0.15, 0.2) is 29.7 Å². The first-order valence-corrected chi connectivity index (χ1v) is 13.5. The molecule has 2 saturated heterocycles. The molecule has 2 fully saturated rings. The second-order valence-corrected chi connectivity index (χ2v) is 10.1. The summed E-state index contributed by atoms with van der Waals surface area (Å²) in [7, 11) is 1.44. The van der Waals surface area contributed by atoms with Crippen molar-refractivity contribution in [2.75, 3.05) is 33.5 Å². The van der Waals surface area contributed by atoms with Crippen molar-refractivity contribution < 1.29 is 63.9 Å². The molecule has 43 heavy (non-hydrogen) atoms. The smallest absolute Gasteiger partial charge is 0.330 e. The third kappa shape index (κ3) is 8.17. The van der Waals surface area contributed by atoms with Gasteiger partial charge < -0.3 is 59.1 Å². The van der Waals surface area contributed by atoms with Gasteiger partial charge in [0.2, 0.25) is 0 Å². The minimum absolute atomic E-state index is 0.0438. The number of methoxy groups -OCH3 is 1. The highest BCUT2D eigenvalue weighted by Crippen LogP contribution is 2.32. The molecule has 13 heteroatoms. The van der Waals surface area contributed by atoms with Gasteiger partial charge in [0.25, 0.3) is 0 Å². The summed E-state index contributed by atoms with van der Waals surface area (Å²) in [5, 5.41) is 62.7. The molecule has 13 nitrogen and oxygen atoms in total. The van der Waals surface area contributed by atoms with Crippen LogP contribution in [0.25, 0.3) is 12.2 Å². The second kappa shape index (κ2) is 14.9. The normalized spacial score (nSPS) is 31.1. The summed E-state index contributed by atoms with van der Waals surface area (Å²) in [5.41, 5.74) is -0.620. The fraction of sp³-hybridized carbons (Fsp3) is 0.433. The van der Waals surface area contributed by atoms with Crippen LogP contribution in [0.5, 0.6) is 11.5 Å².